The zero-order chi connectivity index (χ0) is 19.0. The van der Waals surface area contributed by atoms with Gasteiger partial charge < -0.3 is 18.9 Å². The third-order valence-corrected chi connectivity index (χ3v) is 4.03. The fourth-order valence-electron chi connectivity index (χ4n) is 2.95. The topological polar surface area (TPSA) is 71.1 Å². The summed E-state index contributed by atoms with van der Waals surface area (Å²) in [7, 11) is 0. The standard InChI is InChI=1S/C21H16O6/c1-13(22)24-18-10-6-7-14-11-17-19(12-16(14)18)26-21(2,27-20(17)23)25-15-8-4-3-5-9-15/h3-12H,1-2H3. The normalized spacial score (nSPS) is 18.2. The number of esters is 2. The number of benzene rings is 3. The van der Waals surface area contributed by atoms with Crippen LogP contribution in [0.15, 0.2) is 60.7 Å². The first-order chi connectivity index (χ1) is 12.9. The van der Waals surface area contributed by atoms with Crippen LogP contribution in [0.4, 0.5) is 0 Å². The van der Waals surface area contributed by atoms with Crippen LogP contribution in [0.2, 0.25) is 0 Å². The molecule has 6 heteroatoms. The summed E-state index contributed by atoms with van der Waals surface area (Å²) in [5.74, 6) is -1.44. The Kier molecular flexibility index (Phi) is 3.96. The van der Waals surface area contributed by atoms with Gasteiger partial charge >= 0.3 is 17.9 Å². The van der Waals surface area contributed by atoms with Crippen LogP contribution in [-0.2, 0) is 9.53 Å². The fraction of sp³-hybridized carbons (Fsp3) is 0.143. The van der Waals surface area contributed by atoms with Gasteiger partial charge in [0.2, 0.25) is 0 Å². The lowest BCUT2D eigenvalue weighted by Gasteiger charge is -2.34. The summed E-state index contributed by atoms with van der Waals surface area (Å²) >= 11 is 0. The molecule has 0 radical (unpaired) electrons. The van der Waals surface area contributed by atoms with Crippen LogP contribution < -0.4 is 14.2 Å². The Morgan fingerprint density at radius 3 is 2.52 bits per heavy atom. The van der Waals surface area contributed by atoms with Gasteiger partial charge in [-0.05, 0) is 35.7 Å². The number of rotatable bonds is 3. The molecule has 0 N–H and O–H groups in total. The number of carbonyl (C=O) groups is 2. The number of cyclic esters (lactones) is 1. The molecule has 0 spiro atoms. The quantitative estimate of drug-likeness (QED) is 0.515. The van der Waals surface area contributed by atoms with E-state index in [4.69, 9.17) is 18.9 Å². The maximum absolute atomic E-state index is 12.5. The van der Waals surface area contributed by atoms with Gasteiger partial charge in [-0.25, -0.2) is 4.79 Å². The van der Waals surface area contributed by atoms with Crippen molar-refractivity contribution in [2.45, 2.75) is 19.8 Å². The average molecular weight is 364 g/mol. The van der Waals surface area contributed by atoms with Gasteiger partial charge in [0.1, 0.15) is 22.8 Å². The Hall–Kier alpha value is -3.54. The number of hydrogen-bond donors (Lipinski definition) is 0. The van der Waals surface area contributed by atoms with E-state index in [9.17, 15) is 9.59 Å². The first-order valence-electron chi connectivity index (χ1n) is 8.35. The molecule has 6 nitrogen and oxygen atoms in total. The van der Waals surface area contributed by atoms with Gasteiger partial charge in [-0.3, -0.25) is 4.79 Å². The van der Waals surface area contributed by atoms with Crippen molar-refractivity contribution >= 4 is 22.7 Å². The van der Waals surface area contributed by atoms with E-state index in [-0.39, 0.29) is 11.3 Å². The zero-order valence-corrected chi connectivity index (χ0v) is 14.7. The third-order valence-electron chi connectivity index (χ3n) is 4.03. The highest BCUT2D eigenvalue weighted by molar-refractivity contribution is 6.01. The predicted molar refractivity (Wildman–Crippen MR) is 96.8 cm³/mol. The van der Waals surface area contributed by atoms with Crippen molar-refractivity contribution in [2.75, 3.05) is 0 Å². The van der Waals surface area contributed by atoms with E-state index in [2.05, 4.69) is 0 Å². The van der Waals surface area contributed by atoms with Gasteiger partial charge in [-0.1, -0.05) is 30.3 Å². The third kappa shape index (κ3) is 3.29. The van der Waals surface area contributed by atoms with Crippen LogP contribution >= 0.6 is 0 Å². The van der Waals surface area contributed by atoms with E-state index < -0.39 is 17.9 Å². The molecular weight excluding hydrogens is 348 g/mol. The predicted octanol–water partition coefficient (Wildman–Crippen LogP) is 4.07. The molecule has 0 saturated heterocycles. The molecule has 0 aromatic heterocycles. The van der Waals surface area contributed by atoms with Crippen molar-refractivity contribution in [3.8, 4) is 17.2 Å². The molecule has 3 aromatic carbocycles. The van der Waals surface area contributed by atoms with Crippen LogP contribution in [0.25, 0.3) is 10.8 Å². The Balaban J connectivity index is 1.75. The molecule has 136 valence electrons. The lowest BCUT2D eigenvalue weighted by molar-refractivity contribution is -0.263. The summed E-state index contributed by atoms with van der Waals surface area (Å²) in [5.41, 5.74) is 0.275. The minimum absolute atomic E-state index is 0.275. The molecule has 1 aliphatic heterocycles. The highest BCUT2D eigenvalue weighted by Crippen LogP contribution is 2.38. The summed E-state index contributed by atoms with van der Waals surface area (Å²) in [5, 5.41) is 1.36. The first kappa shape index (κ1) is 16.9. The Morgan fingerprint density at radius 2 is 1.78 bits per heavy atom. The fourth-order valence-corrected chi connectivity index (χ4v) is 2.95. The van der Waals surface area contributed by atoms with Crippen LogP contribution in [0, 0.1) is 0 Å². The van der Waals surface area contributed by atoms with Crippen molar-refractivity contribution in [1.82, 2.24) is 0 Å². The van der Waals surface area contributed by atoms with E-state index in [1.54, 1.807) is 48.5 Å². The first-order valence-corrected chi connectivity index (χ1v) is 8.35. The number of fused-ring (bicyclic) bond motifs is 2. The maximum atomic E-state index is 12.5. The van der Waals surface area contributed by atoms with Gasteiger partial charge in [-0.15, -0.1) is 0 Å². The van der Waals surface area contributed by atoms with E-state index in [1.807, 2.05) is 12.1 Å². The smallest absolute Gasteiger partial charge is 0.416 e. The summed E-state index contributed by atoms with van der Waals surface area (Å²) in [6.07, 6.45) is 0. The van der Waals surface area contributed by atoms with Gasteiger partial charge in [-0.2, -0.15) is 0 Å². The molecule has 1 heterocycles. The minimum Gasteiger partial charge on any atom is -0.426 e. The molecule has 1 atom stereocenters. The Morgan fingerprint density at radius 1 is 1.00 bits per heavy atom. The van der Waals surface area contributed by atoms with Crippen molar-refractivity contribution in [1.29, 1.82) is 0 Å². The second-order valence-electron chi connectivity index (χ2n) is 6.19. The second-order valence-corrected chi connectivity index (χ2v) is 6.19. The monoisotopic (exact) mass is 364 g/mol. The highest BCUT2D eigenvalue weighted by Gasteiger charge is 2.41. The van der Waals surface area contributed by atoms with Crippen LogP contribution in [-0.4, -0.2) is 17.9 Å². The Bertz CT molecular complexity index is 1040. The molecule has 0 amide bonds. The lowest BCUT2D eigenvalue weighted by Crippen LogP contribution is -2.47. The van der Waals surface area contributed by atoms with E-state index >= 15 is 0 Å². The average Bonchev–Trinajstić information content (AvgIpc) is 2.61. The molecule has 27 heavy (non-hydrogen) atoms. The number of carbonyl (C=O) groups excluding carboxylic acids is 2. The van der Waals surface area contributed by atoms with E-state index in [1.165, 1.54) is 13.8 Å². The van der Waals surface area contributed by atoms with Crippen molar-refractivity contribution in [2.24, 2.45) is 0 Å². The number of hydrogen-bond acceptors (Lipinski definition) is 6. The molecule has 3 aromatic rings. The van der Waals surface area contributed by atoms with Gasteiger partial charge in [0.15, 0.2) is 0 Å². The number of para-hydroxylation sites is 1. The molecule has 4 rings (SSSR count). The minimum atomic E-state index is -1.62. The largest absolute Gasteiger partial charge is 0.426 e. The molecule has 0 aliphatic carbocycles. The van der Waals surface area contributed by atoms with Crippen LogP contribution in [0.3, 0.4) is 0 Å². The summed E-state index contributed by atoms with van der Waals surface area (Å²) in [4.78, 5) is 23.9. The highest BCUT2D eigenvalue weighted by atomic mass is 16.9. The molecule has 0 bridgehead atoms. The summed E-state index contributed by atoms with van der Waals surface area (Å²) in [6.45, 7) is 2.85. The zero-order valence-electron chi connectivity index (χ0n) is 14.7. The molecule has 1 unspecified atom stereocenters. The summed E-state index contributed by atoms with van der Waals surface area (Å²) in [6, 6.07) is 17.4. The van der Waals surface area contributed by atoms with Gasteiger partial charge in [0, 0.05) is 12.3 Å². The van der Waals surface area contributed by atoms with E-state index in [0.717, 1.165) is 5.39 Å². The molecule has 0 saturated carbocycles. The van der Waals surface area contributed by atoms with Crippen molar-refractivity contribution in [3.63, 3.8) is 0 Å². The maximum Gasteiger partial charge on any atom is 0.416 e. The molecular formula is C21H16O6. The van der Waals surface area contributed by atoms with E-state index in [0.29, 0.717) is 16.9 Å². The van der Waals surface area contributed by atoms with Gasteiger partial charge in [0.25, 0.3) is 0 Å². The molecule has 0 fully saturated rings. The van der Waals surface area contributed by atoms with Crippen LogP contribution in [0.5, 0.6) is 17.2 Å². The molecule has 1 aliphatic rings. The van der Waals surface area contributed by atoms with Crippen molar-refractivity contribution in [3.05, 3.63) is 66.2 Å². The summed E-state index contributed by atoms with van der Waals surface area (Å²) < 4.78 is 22.2. The number of ether oxygens (including phenoxy) is 4. The van der Waals surface area contributed by atoms with Crippen LogP contribution in [0.1, 0.15) is 24.2 Å². The Labute approximate surface area is 155 Å². The van der Waals surface area contributed by atoms with Crippen molar-refractivity contribution < 1.29 is 28.5 Å². The SMILES string of the molecule is CC(=O)Oc1cccc2cc3c(cc12)OC(C)(Oc1ccccc1)OC3=O. The van der Waals surface area contributed by atoms with Gasteiger partial charge in [0.05, 0.1) is 6.92 Å². The lowest BCUT2D eigenvalue weighted by atomic mass is 10.0. The second kappa shape index (κ2) is 6.32.